The van der Waals surface area contributed by atoms with Crippen LogP contribution in [0.1, 0.15) is 43.5 Å². The smallest absolute Gasteiger partial charge is 0.277 e. The highest BCUT2D eigenvalue weighted by Gasteiger charge is 2.21. The Hall–Kier alpha value is -3.16. The molecule has 0 saturated heterocycles. The van der Waals surface area contributed by atoms with Gasteiger partial charge in [-0.25, -0.2) is 4.98 Å². The van der Waals surface area contributed by atoms with Gasteiger partial charge in [-0.05, 0) is 44.9 Å². The van der Waals surface area contributed by atoms with Gasteiger partial charge in [0.2, 0.25) is 11.9 Å². The molecule has 1 N–H and O–H groups in total. The first-order chi connectivity index (χ1) is 13.4. The van der Waals surface area contributed by atoms with Crippen molar-refractivity contribution in [1.82, 2.24) is 19.6 Å². The molecule has 3 rings (SSSR count). The number of nitrogens with zero attached hydrogens (tertiary/aromatic N) is 4. The molecule has 0 bridgehead atoms. The van der Waals surface area contributed by atoms with Crippen LogP contribution in [0.4, 0.5) is 5.95 Å². The monoisotopic (exact) mass is 383 g/mol. The average molecular weight is 383 g/mol. The van der Waals surface area contributed by atoms with Gasteiger partial charge in [-0.15, -0.1) is 0 Å². The summed E-state index contributed by atoms with van der Waals surface area (Å²) in [5.41, 5.74) is 1.89. The summed E-state index contributed by atoms with van der Waals surface area (Å²) < 4.78 is 6.75. The maximum Gasteiger partial charge on any atom is 0.277 e. The minimum Gasteiger partial charge on any atom is -0.494 e. The molecular formula is C20H25N5O3. The topological polar surface area (TPSA) is 92.6 Å². The Morgan fingerprint density at radius 1 is 1.18 bits per heavy atom. The fourth-order valence-electron chi connectivity index (χ4n) is 2.88. The third-order valence-electron chi connectivity index (χ3n) is 4.55. The van der Waals surface area contributed by atoms with Gasteiger partial charge in [0.15, 0.2) is 0 Å². The first-order valence-electron chi connectivity index (χ1n) is 9.42. The number of carbonyl (C=O) groups excluding carboxylic acids is 1. The van der Waals surface area contributed by atoms with Gasteiger partial charge < -0.3 is 4.74 Å². The zero-order chi connectivity index (χ0) is 20.3. The number of H-pyrrole nitrogens is 1. The Labute approximate surface area is 163 Å². The Balaban J connectivity index is 1.98. The van der Waals surface area contributed by atoms with Gasteiger partial charge in [0.1, 0.15) is 5.75 Å². The average Bonchev–Trinajstić information content (AvgIpc) is 3.09. The molecule has 8 nitrogen and oxygen atoms in total. The molecule has 0 fully saturated rings. The molecule has 8 heteroatoms. The number of benzene rings is 1. The molecule has 0 aliphatic carbocycles. The molecule has 2 heterocycles. The summed E-state index contributed by atoms with van der Waals surface area (Å²) in [6, 6.07) is 7.58. The summed E-state index contributed by atoms with van der Waals surface area (Å²) in [6.07, 6.45) is 1.10. The third kappa shape index (κ3) is 3.90. The highest BCUT2D eigenvalue weighted by molar-refractivity contribution is 5.91. The summed E-state index contributed by atoms with van der Waals surface area (Å²) in [5.74, 6) is 1.27. The largest absolute Gasteiger partial charge is 0.494 e. The van der Waals surface area contributed by atoms with E-state index in [9.17, 15) is 9.59 Å². The van der Waals surface area contributed by atoms with E-state index < -0.39 is 0 Å². The third-order valence-corrected chi connectivity index (χ3v) is 4.55. The van der Waals surface area contributed by atoms with Crippen LogP contribution in [0.2, 0.25) is 0 Å². The van der Waals surface area contributed by atoms with Crippen LogP contribution in [-0.2, 0) is 11.3 Å². The number of nitrogens with one attached hydrogen (secondary N) is 1. The number of carbonyl (C=O) groups is 1. The van der Waals surface area contributed by atoms with Crippen LogP contribution in [0.25, 0.3) is 5.78 Å². The number of aryl methyl sites for hydroxylation is 1. The van der Waals surface area contributed by atoms with Gasteiger partial charge >= 0.3 is 0 Å². The fourth-order valence-corrected chi connectivity index (χ4v) is 2.88. The minimum absolute atomic E-state index is 0.0723. The number of rotatable bonds is 7. The van der Waals surface area contributed by atoms with Gasteiger partial charge in [0.05, 0.1) is 13.2 Å². The molecule has 0 radical (unpaired) electrons. The van der Waals surface area contributed by atoms with Crippen LogP contribution in [0.15, 0.2) is 29.1 Å². The van der Waals surface area contributed by atoms with E-state index in [0.717, 1.165) is 17.7 Å². The lowest BCUT2D eigenvalue weighted by Crippen LogP contribution is -2.31. The summed E-state index contributed by atoms with van der Waals surface area (Å²) >= 11 is 0. The molecule has 1 amide bonds. The van der Waals surface area contributed by atoms with E-state index in [0.29, 0.717) is 36.8 Å². The molecule has 148 valence electrons. The van der Waals surface area contributed by atoms with Crippen molar-refractivity contribution >= 4 is 17.6 Å². The second-order valence-corrected chi connectivity index (χ2v) is 6.62. The van der Waals surface area contributed by atoms with Gasteiger partial charge in [-0.3, -0.25) is 19.6 Å². The predicted octanol–water partition coefficient (Wildman–Crippen LogP) is 2.77. The zero-order valence-corrected chi connectivity index (χ0v) is 16.7. The molecule has 0 atom stereocenters. The van der Waals surface area contributed by atoms with Crippen LogP contribution in [0.5, 0.6) is 5.75 Å². The molecule has 0 aliphatic rings. The van der Waals surface area contributed by atoms with Crippen LogP contribution < -0.4 is 15.2 Å². The van der Waals surface area contributed by atoms with Crippen molar-refractivity contribution in [3.05, 3.63) is 51.4 Å². The Morgan fingerprint density at radius 2 is 1.89 bits per heavy atom. The molecule has 3 aromatic rings. The van der Waals surface area contributed by atoms with Crippen molar-refractivity contribution in [2.75, 3.05) is 11.5 Å². The molecule has 1 aromatic carbocycles. The van der Waals surface area contributed by atoms with Crippen molar-refractivity contribution < 1.29 is 9.53 Å². The van der Waals surface area contributed by atoms with Crippen molar-refractivity contribution in [1.29, 1.82) is 0 Å². The number of amides is 1. The van der Waals surface area contributed by atoms with Crippen LogP contribution in [0, 0.1) is 13.8 Å². The standard InChI is InChI=1S/C20H25N5O3/c1-5-7-17(26)24(12-15-8-10-16(11-9-15)28-6-2)20-22-19-21-14(4)13(3)18(27)25(19)23-20/h8-11H,5-7,12H2,1-4H3,(H,21,22,23). The number of aromatic amines is 1. The predicted molar refractivity (Wildman–Crippen MR) is 107 cm³/mol. The summed E-state index contributed by atoms with van der Waals surface area (Å²) in [6.45, 7) is 8.30. The van der Waals surface area contributed by atoms with E-state index in [1.165, 1.54) is 4.52 Å². The van der Waals surface area contributed by atoms with E-state index >= 15 is 0 Å². The number of anilines is 1. The number of hydrogen-bond acceptors (Lipinski definition) is 5. The second kappa shape index (κ2) is 8.24. The highest BCUT2D eigenvalue weighted by Crippen LogP contribution is 2.18. The SMILES string of the molecule is CCCC(=O)N(Cc1ccc(OCC)cc1)c1nc2nc(C)c(C)c(=O)n2[nH]1. The van der Waals surface area contributed by atoms with Crippen molar-refractivity contribution in [2.45, 2.75) is 47.1 Å². The molecule has 0 aliphatic heterocycles. The van der Waals surface area contributed by atoms with Crippen LogP contribution >= 0.6 is 0 Å². The van der Waals surface area contributed by atoms with Gasteiger partial charge in [-0.1, -0.05) is 19.1 Å². The first kappa shape index (κ1) is 19.6. The molecule has 0 spiro atoms. The van der Waals surface area contributed by atoms with Crippen molar-refractivity contribution in [3.8, 4) is 5.75 Å². The van der Waals surface area contributed by atoms with Gasteiger partial charge in [-0.2, -0.15) is 9.50 Å². The van der Waals surface area contributed by atoms with Crippen LogP contribution in [-0.4, -0.2) is 32.1 Å². The normalized spacial score (nSPS) is 11.0. The van der Waals surface area contributed by atoms with E-state index in [-0.39, 0.29) is 17.2 Å². The molecular weight excluding hydrogens is 358 g/mol. The minimum atomic E-state index is -0.217. The maximum atomic E-state index is 12.7. The number of hydrogen-bond donors (Lipinski definition) is 1. The Morgan fingerprint density at radius 3 is 2.54 bits per heavy atom. The summed E-state index contributed by atoms with van der Waals surface area (Å²) in [7, 11) is 0. The first-order valence-corrected chi connectivity index (χ1v) is 9.42. The fraction of sp³-hybridized carbons (Fsp3) is 0.400. The van der Waals surface area contributed by atoms with E-state index in [4.69, 9.17) is 4.74 Å². The Kier molecular flexibility index (Phi) is 5.77. The molecule has 0 unspecified atom stereocenters. The van der Waals surface area contributed by atoms with Crippen molar-refractivity contribution in [2.24, 2.45) is 0 Å². The molecule has 2 aromatic heterocycles. The quantitative estimate of drug-likeness (QED) is 0.677. The number of ether oxygens (including phenoxy) is 1. The van der Waals surface area contributed by atoms with Gasteiger partial charge in [0, 0.05) is 17.7 Å². The number of fused-ring (bicyclic) bond motifs is 1. The number of aromatic nitrogens is 4. The summed E-state index contributed by atoms with van der Waals surface area (Å²) in [4.78, 5) is 35.5. The van der Waals surface area contributed by atoms with Crippen LogP contribution in [0.3, 0.4) is 0 Å². The lowest BCUT2D eigenvalue weighted by molar-refractivity contribution is -0.118. The second-order valence-electron chi connectivity index (χ2n) is 6.62. The zero-order valence-electron chi connectivity index (χ0n) is 16.7. The van der Waals surface area contributed by atoms with E-state index in [1.807, 2.05) is 38.1 Å². The molecule has 28 heavy (non-hydrogen) atoms. The van der Waals surface area contributed by atoms with E-state index in [2.05, 4.69) is 15.1 Å². The summed E-state index contributed by atoms with van der Waals surface area (Å²) in [5, 5.41) is 2.93. The van der Waals surface area contributed by atoms with Crippen molar-refractivity contribution in [3.63, 3.8) is 0 Å². The van der Waals surface area contributed by atoms with E-state index in [1.54, 1.807) is 18.7 Å². The lowest BCUT2D eigenvalue weighted by Gasteiger charge is -2.19. The maximum absolute atomic E-state index is 12.7. The Bertz CT molecular complexity index is 1040. The molecule has 0 saturated carbocycles. The highest BCUT2D eigenvalue weighted by atomic mass is 16.5. The van der Waals surface area contributed by atoms with Gasteiger partial charge in [0.25, 0.3) is 11.3 Å². The lowest BCUT2D eigenvalue weighted by atomic mass is 10.2.